The van der Waals surface area contributed by atoms with E-state index < -0.39 is 0 Å². The molecule has 0 amide bonds. The molecule has 0 aliphatic carbocycles. The molecule has 0 bridgehead atoms. The first-order chi connectivity index (χ1) is 19.9. The summed E-state index contributed by atoms with van der Waals surface area (Å²) in [6.45, 7) is 0. The third kappa shape index (κ3) is 7.17. The molecule has 0 aliphatic rings. The van der Waals surface area contributed by atoms with Crippen LogP contribution in [0.15, 0.2) is 147 Å². The summed E-state index contributed by atoms with van der Waals surface area (Å²) in [7, 11) is 0. The quantitative estimate of drug-likeness (QED) is 0.223. The molecule has 8 nitrogen and oxygen atoms in total. The average Bonchev–Trinajstić information content (AvgIpc) is 3.06. The fraction of sp³-hybridized carbons (Fsp3) is 0. The topological polar surface area (TPSA) is 103 Å². The second kappa shape index (κ2) is 13.7. The lowest BCUT2D eigenvalue weighted by molar-refractivity contribution is 1.05. The normalized spacial score (nSPS) is 10.0. The molecule has 8 heteroatoms. The van der Waals surface area contributed by atoms with Gasteiger partial charge in [0.2, 0.25) is 0 Å². The molecule has 0 saturated carbocycles. The summed E-state index contributed by atoms with van der Waals surface area (Å²) < 4.78 is 0. The molecule has 4 heterocycles. The number of benzene rings is 4. The number of hydrogen-bond acceptors (Lipinski definition) is 8. The Morgan fingerprint density at radius 3 is 1.48 bits per heavy atom. The highest BCUT2D eigenvalue weighted by Gasteiger charge is 1.90. The molecule has 0 saturated heterocycles. The number of para-hydroxylation sites is 3. The minimum absolute atomic E-state index is 0.949. The number of aromatic nitrogens is 8. The zero-order valence-electron chi connectivity index (χ0n) is 21.4. The fourth-order valence-electron chi connectivity index (χ4n) is 3.70. The third-order valence-corrected chi connectivity index (χ3v) is 5.67. The minimum atomic E-state index is 0.949. The van der Waals surface area contributed by atoms with E-state index >= 15 is 0 Å². The summed E-state index contributed by atoms with van der Waals surface area (Å²) in [6.07, 6.45) is 12.0. The Labute approximate surface area is 230 Å². The van der Waals surface area contributed by atoms with Crippen molar-refractivity contribution in [3.63, 3.8) is 0 Å². The van der Waals surface area contributed by atoms with Gasteiger partial charge in [-0.15, -0.1) is 0 Å². The summed E-state index contributed by atoms with van der Waals surface area (Å²) in [5, 5.41) is 19.7. The van der Waals surface area contributed by atoms with Gasteiger partial charge in [-0.2, -0.15) is 20.4 Å². The van der Waals surface area contributed by atoms with Crippen molar-refractivity contribution in [2.24, 2.45) is 0 Å². The van der Waals surface area contributed by atoms with Gasteiger partial charge in [0, 0.05) is 40.1 Å². The van der Waals surface area contributed by atoms with Crippen LogP contribution in [0, 0.1) is 0 Å². The van der Waals surface area contributed by atoms with Gasteiger partial charge in [-0.05, 0) is 30.3 Å². The molecule has 40 heavy (non-hydrogen) atoms. The Morgan fingerprint density at radius 1 is 0.350 bits per heavy atom. The summed E-state index contributed by atoms with van der Waals surface area (Å²) in [6, 6.07) is 33.6. The van der Waals surface area contributed by atoms with E-state index in [1.54, 1.807) is 37.3 Å². The first-order valence-electron chi connectivity index (χ1n) is 12.5. The summed E-state index contributed by atoms with van der Waals surface area (Å²) in [5.74, 6) is 0. The van der Waals surface area contributed by atoms with E-state index in [4.69, 9.17) is 0 Å². The van der Waals surface area contributed by atoms with Crippen molar-refractivity contribution in [2.45, 2.75) is 0 Å². The Bertz CT molecular complexity index is 1400. The lowest BCUT2D eigenvalue weighted by Gasteiger charge is -1.90. The zero-order valence-corrected chi connectivity index (χ0v) is 21.4. The number of hydrogen-bond donors (Lipinski definition) is 0. The predicted octanol–water partition coefficient (Wildman–Crippen LogP) is 6.52. The van der Waals surface area contributed by atoms with Gasteiger partial charge >= 0.3 is 0 Å². The molecular weight excluding hydrogens is 496 g/mol. The minimum Gasteiger partial charge on any atom is -0.253 e. The lowest BCUT2D eigenvalue weighted by atomic mass is 10.2. The molecule has 4 aromatic heterocycles. The second-order valence-corrected chi connectivity index (χ2v) is 8.33. The number of nitrogens with zero attached hydrogens (tertiary/aromatic N) is 8. The Morgan fingerprint density at radius 2 is 0.875 bits per heavy atom. The molecule has 0 N–H and O–H groups in total. The molecule has 192 valence electrons. The predicted molar refractivity (Wildman–Crippen MR) is 158 cm³/mol. The van der Waals surface area contributed by atoms with Gasteiger partial charge in [-0.1, -0.05) is 72.8 Å². The largest absolute Gasteiger partial charge is 0.253 e. The van der Waals surface area contributed by atoms with Crippen LogP contribution >= 0.6 is 0 Å². The van der Waals surface area contributed by atoms with Crippen molar-refractivity contribution in [1.29, 1.82) is 0 Å². The number of fused-ring (bicyclic) bond motifs is 4. The van der Waals surface area contributed by atoms with E-state index in [1.165, 1.54) is 0 Å². The van der Waals surface area contributed by atoms with Crippen LogP contribution in [0.2, 0.25) is 0 Å². The van der Waals surface area contributed by atoms with E-state index in [9.17, 15) is 0 Å². The fourth-order valence-corrected chi connectivity index (χ4v) is 3.70. The van der Waals surface area contributed by atoms with E-state index in [1.807, 2.05) is 109 Å². The Balaban J connectivity index is 0.000000108. The van der Waals surface area contributed by atoms with Crippen LogP contribution in [-0.4, -0.2) is 40.3 Å². The van der Waals surface area contributed by atoms with Gasteiger partial charge in [0.25, 0.3) is 0 Å². The van der Waals surface area contributed by atoms with E-state index in [0.717, 1.165) is 43.6 Å². The molecule has 8 aromatic rings. The molecular formula is C32H24N8. The van der Waals surface area contributed by atoms with Crippen LogP contribution in [0.5, 0.6) is 0 Å². The summed E-state index contributed by atoms with van der Waals surface area (Å²) in [4.78, 5) is 16.2. The van der Waals surface area contributed by atoms with E-state index in [-0.39, 0.29) is 0 Å². The van der Waals surface area contributed by atoms with E-state index in [0.29, 0.717) is 0 Å². The standard InChI is InChI=1S/4C8H6N2/c1-2-4-8-7(3-1)5-9-6-10-8;1-2-4-8-6-10-9-5-7(8)3-1;1-2-4-8-7(3-1)9-5-6-10-8;1-2-4-8-7(3-1)5-6-9-10-8/h4*1-6H. The van der Waals surface area contributed by atoms with Gasteiger partial charge in [0.1, 0.15) is 6.33 Å². The van der Waals surface area contributed by atoms with Crippen LogP contribution in [0.4, 0.5) is 0 Å². The van der Waals surface area contributed by atoms with Crippen molar-refractivity contribution in [2.75, 3.05) is 0 Å². The SMILES string of the molecule is c1ccc2cnncc2c1.c1ccc2nccnc2c1.c1ccc2ncncc2c1.c1ccc2nnccc2c1. The second-order valence-electron chi connectivity index (χ2n) is 8.33. The van der Waals surface area contributed by atoms with Crippen molar-refractivity contribution < 1.29 is 0 Å². The molecule has 0 spiro atoms. The average molecular weight is 521 g/mol. The van der Waals surface area contributed by atoms with Crippen molar-refractivity contribution >= 4 is 43.6 Å². The molecule has 0 aliphatic heterocycles. The van der Waals surface area contributed by atoms with Crippen LogP contribution < -0.4 is 0 Å². The van der Waals surface area contributed by atoms with Gasteiger partial charge in [0.05, 0.1) is 40.7 Å². The molecule has 8 rings (SSSR count). The van der Waals surface area contributed by atoms with Crippen LogP contribution in [0.1, 0.15) is 0 Å². The lowest BCUT2D eigenvalue weighted by Crippen LogP contribution is -1.79. The highest BCUT2D eigenvalue weighted by atomic mass is 15.1. The van der Waals surface area contributed by atoms with E-state index in [2.05, 4.69) is 40.3 Å². The molecule has 0 atom stereocenters. The van der Waals surface area contributed by atoms with Crippen molar-refractivity contribution in [1.82, 2.24) is 40.3 Å². The monoisotopic (exact) mass is 520 g/mol. The highest BCUT2D eigenvalue weighted by Crippen LogP contribution is 2.09. The van der Waals surface area contributed by atoms with Crippen molar-refractivity contribution in [3.05, 3.63) is 147 Å². The zero-order chi connectivity index (χ0) is 27.2. The molecule has 0 fully saturated rings. The van der Waals surface area contributed by atoms with Crippen molar-refractivity contribution in [3.8, 4) is 0 Å². The first kappa shape index (κ1) is 25.9. The van der Waals surface area contributed by atoms with Crippen LogP contribution in [0.25, 0.3) is 43.6 Å². The number of rotatable bonds is 0. The Kier molecular flexibility index (Phi) is 8.85. The maximum absolute atomic E-state index is 4.12. The molecule has 4 aromatic carbocycles. The smallest absolute Gasteiger partial charge is 0.116 e. The van der Waals surface area contributed by atoms with Gasteiger partial charge < -0.3 is 0 Å². The van der Waals surface area contributed by atoms with Gasteiger partial charge in [-0.3, -0.25) is 9.97 Å². The highest BCUT2D eigenvalue weighted by molar-refractivity contribution is 5.80. The van der Waals surface area contributed by atoms with Gasteiger partial charge in [-0.25, -0.2) is 9.97 Å². The van der Waals surface area contributed by atoms with Gasteiger partial charge in [0.15, 0.2) is 0 Å². The third-order valence-electron chi connectivity index (χ3n) is 5.67. The first-order valence-corrected chi connectivity index (χ1v) is 12.5. The van der Waals surface area contributed by atoms with Crippen LogP contribution in [0.3, 0.4) is 0 Å². The molecule has 0 radical (unpaired) electrons. The molecule has 0 unspecified atom stereocenters. The summed E-state index contributed by atoms with van der Waals surface area (Å²) in [5.41, 5.74) is 3.84. The van der Waals surface area contributed by atoms with Crippen LogP contribution in [-0.2, 0) is 0 Å². The maximum atomic E-state index is 4.12. The maximum Gasteiger partial charge on any atom is 0.116 e. The summed E-state index contributed by atoms with van der Waals surface area (Å²) >= 11 is 0. The Hall–Kier alpha value is -5.76.